The van der Waals surface area contributed by atoms with E-state index in [0.717, 1.165) is 0 Å². The van der Waals surface area contributed by atoms with Gasteiger partial charge in [0, 0.05) is 0 Å². The van der Waals surface area contributed by atoms with E-state index in [0.29, 0.717) is 0 Å². The molecule has 0 fully saturated rings. The van der Waals surface area contributed by atoms with Gasteiger partial charge in [-0.15, -0.1) is 6.42 Å². The van der Waals surface area contributed by atoms with E-state index in [1.54, 1.807) is 0 Å². The van der Waals surface area contributed by atoms with Crippen molar-refractivity contribution in [3.05, 3.63) is 0 Å². The number of esters is 1. The zero-order valence-corrected chi connectivity index (χ0v) is 6.28. The fourth-order valence-corrected chi connectivity index (χ4v) is 0.406. The number of aliphatic hydroxyl groups excluding tert-OH is 1. The molecule has 0 aliphatic heterocycles. The molecule has 62 valence electrons. The topological polar surface area (TPSA) is 72.5 Å². The quantitative estimate of drug-likeness (QED) is 0.401. The molecule has 4 nitrogen and oxygen atoms in total. The Morgan fingerprint density at radius 1 is 1.91 bits per heavy atom. The Kier molecular flexibility index (Phi) is 4.27. The van der Waals surface area contributed by atoms with Crippen LogP contribution in [-0.4, -0.2) is 29.8 Å². The SMILES string of the molecule is C#CCOC(=O)C(N)C(C)O. The molecule has 2 unspecified atom stereocenters. The number of carbonyl (C=O) groups excluding carboxylic acids is 1. The van der Waals surface area contributed by atoms with E-state index < -0.39 is 18.1 Å². The highest BCUT2D eigenvalue weighted by atomic mass is 16.5. The molecular weight excluding hydrogens is 146 g/mol. The van der Waals surface area contributed by atoms with Crippen LogP contribution in [0.15, 0.2) is 0 Å². The first kappa shape index (κ1) is 9.95. The summed E-state index contributed by atoms with van der Waals surface area (Å²) in [5.41, 5.74) is 5.21. The molecule has 0 aromatic carbocycles. The second kappa shape index (κ2) is 4.72. The van der Waals surface area contributed by atoms with Crippen LogP contribution in [0.3, 0.4) is 0 Å². The summed E-state index contributed by atoms with van der Waals surface area (Å²) in [6.45, 7) is 1.29. The van der Waals surface area contributed by atoms with Crippen LogP contribution < -0.4 is 5.73 Å². The van der Waals surface area contributed by atoms with Crippen molar-refractivity contribution in [3.8, 4) is 12.3 Å². The average Bonchev–Trinajstić information content (AvgIpc) is 1.98. The van der Waals surface area contributed by atoms with Gasteiger partial charge in [0.15, 0.2) is 6.61 Å². The third kappa shape index (κ3) is 3.61. The lowest BCUT2D eigenvalue weighted by atomic mass is 10.2. The summed E-state index contributed by atoms with van der Waals surface area (Å²) >= 11 is 0. The van der Waals surface area contributed by atoms with Gasteiger partial charge in [-0.25, -0.2) is 0 Å². The number of terminal acetylenes is 1. The van der Waals surface area contributed by atoms with Gasteiger partial charge < -0.3 is 15.6 Å². The molecule has 0 aliphatic rings. The van der Waals surface area contributed by atoms with Crippen molar-refractivity contribution in [1.29, 1.82) is 0 Å². The number of carbonyl (C=O) groups is 1. The van der Waals surface area contributed by atoms with Gasteiger partial charge in [-0.3, -0.25) is 4.79 Å². The molecule has 2 atom stereocenters. The van der Waals surface area contributed by atoms with E-state index in [9.17, 15) is 4.79 Å². The first-order valence-corrected chi connectivity index (χ1v) is 3.13. The number of aliphatic hydroxyl groups is 1. The maximum Gasteiger partial charge on any atom is 0.326 e. The first-order valence-electron chi connectivity index (χ1n) is 3.13. The predicted octanol–water partition coefficient (Wildman–Crippen LogP) is -1.13. The summed E-state index contributed by atoms with van der Waals surface area (Å²) in [5.74, 6) is 1.43. The molecule has 3 N–H and O–H groups in total. The highest BCUT2D eigenvalue weighted by Gasteiger charge is 2.19. The molecule has 0 aliphatic carbocycles. The first-order chi connectivity index (χ1) is 5.09. The molecule has 4 heteroatoms. The Morgan fingerprint density at radius 2 is 2.45 bits per heavy atom. The van der Waals surface area contributed by atoms with Gasteiger partial charge in [-0.05, 0) is 6.92 Å². The summed E-state index contributed by atoms with van der Waals surface area (Å²) in [4.78, 5) is 10.7. The van der Waals surface area contributed by atoms with Gasteiger partial charge in [-0.2, -0.15) is 0 Å². The third-order valence-electron chi connectivity index (χ3n) is 1.09. The molecule has 0 amide bonds. The van der Waals surface area contributed by atoms with Crippen molar-refractivity contribution in [2.45, 2.75) is 19.1 Å². The number of nitrogens with two attached hydrogens (primary N) is 1. The smallest absolute Gasteiger partial charge is 0.326 e. The lowest BCUT2D eigenvalue weighted by molar-refractivity contribution is -0.146. The average molecular weight is 157 g/mol. The number of ether oxygens (including phenoxy) is 1. The minimum Gasteiger partial charge on any atom is -0.451 e. The monoisotopic (exact) mass is 157 g/mol. The second-order valence-corrected chi connectivity index (χ2v) is 2.08. The number of hydrogen-bond acceptors (Lipinski definition) is 4. The molecule has 0 bridgehead atoms. The van der Waals surface area contributed by atoms with Crippen LogP contribution in [-0.2, 0) is 9.53 Å². The molecule has 0 saturated heterocycles. The summed E-state index contributed by atoms with van der Waals surface area (Å²) in [6, 6.07) is -1.01. The maximum atomic E-state index is 10.7. The van der Waals surface area contributed by atoms with Crippen molar-refractivity contribution in [2.24, 2.45) is 5.73 Å². The lowest BCUT2D eigenvalue weighted by Crippen LogP contribution is -2.41. The zero-order valence-electron chi connectivity index (χ0n) is 6.28. The van der Waals surface area contributed by atoms with Gasteiger partial charge in [0.2, 0.25) is 0 Å². The molecule has 0 radical (unpaired) electrons. The fraction of sp³-hybridized carbons (Fsp3) is 0.571. The lowest BCUT2D eigenvalue weighted by Gasteiger charge is -2.11. The van der Waals surface area contributed by atoms with Gasteiger partial charge in [0.1, 0.15) is 6.04 Å². The highest BCUT2D eigenvalue weighted by molar-refractivity contribution is 5.76. The molecule has 0 heterocycles. The van der Waals surface area contributed by atoms with Gasteiger partial charge in [-0.1, -0.05) is 5.92 Å². The number of hydrogen-bond donors (Lipinski definition) is 2. The fourth-order valence-electron chi connectivity index (χ4n) is 0.406. The molecule has 0 spiro atoms. The van der Waals surface area contributed by atoms with Crippen LogP contribution >= 0.6 is 0 Å². The second-order valence-electron chi connectivity index (χ2n) is 2.08. The molecular formula is C7H11NO3. The summed E-state index contributed by atoms with van der Waals surface area (Å²) in [5, 5.41) is 8.81. The highest BCUT2D eigenvalue weighted by Crippen LogP contribution is 1.91. The summed E-state index contributed by atoms with van der Waals surface area (Å²) < 4.78 is 4.45. The predicted molar refractivity (Wildman–Crippen MR) is 39.4 cm³/mol. The Morgan fingerprint density at radius 3 is 2.82 bits per heavy atom. The van der Waals surface area contributed by atoms with Crippen LogP contribution in [0, 0.1) is 12.3 Å². The van der Waals surface area contributed by atoms with Crippen molar-refractivity contribution in [1.82, 2.24) is 0 Å². The van der Waals surface area contributed by atoms with E-state index >= 15 is 0 Å². The molecule has 0 aromatic heterocycles. The minimum absolute atomic E-state index is 0.112. The Bertz CT molecular complexity index is 171. The van der Waals surface area contributed by atoms with E-state index in [4.69, 9.17) is 17.3 Å². The normalized spacial score (nSPS) is 14.7. The summed E-state index contributed by atoms with van der Waals surface area (Å²) in [7, 11) is 0. The molecule has 0 rings (SSSR count). The number of rotatable bonds is 3. The Balaban J connectivity index is 3.76. The minimum atomic E-state index is -1.01. The van der Waals surface area contributed by atoms with Crippen molar-refractivity contribution < 1.29 is 14.6 Å². The van der Waals surface area contributed by atoms with Gasteiger partial charge in [0.05, 0.1) is 6.10 Å². The van der Waals surface area contributed by atoms with Gasteiger partial charge >= 0.3 is 5.97 Å². The zero-order chi connectivity index (χ0) is 8.85. The van der Waals surface area contributed by atoms with Crippen molar-refractivity contribution >= 4 is 5.97 Å². The Labute approximate surface area is 65.3 Å². The third-order valence-corrected chi connectivity index (χ3v) is 1.09. The van der Waals surface area contributed by atoms with Crippen LogP contribution in [0.5, 0.6) is 0 Å². The van der Waals surface area contributed by atoms with Crippen LogP contribution in [0.1, 0.15) is 6.92 Å². The standard InChI is InChI=1S/C7H11NO3/c1-3-4-11-7(10)6(8)5(2)9/h1,5-6,9H,4,8H2,2H3. The molecule has 0 saturated carbocycles. The Hall–Kier alpha value is -1.05. The van der Waals surface area contributed by atoms with Crippen LogP contribution in [0.4, 0.5) is 0 Å². The van der Waals surface area contributed by atoms with E-state index in [1.807, 2.05) is 0 Å². The van der Waals surface area contributed by atoms with Gasteiger partial charge in [0.25, 0.3) is 0 Å². The van der Waals surface area contributed by atoms with Crippen LogP contribution in [0.25, 0.3) is 0 Å². The molecule has 11 heavy (non-hydrogen) atoms. The van der Waals surface area contributed by atoms with E-state index in [2.05, 4.69) is 10.7 Å². The maximum absolute atomic E-state index is 10.7. The van der Waals surface area contributed by atoms with Crippen LogP contribution in [0.2, 0.25) is 0 Å². The van der Waals surface area contributed by atoms with E-state index in [1.165, 1.54) is 6.92 Å². The van der Waals surface area contributed by atoms with Crippen molar-refractivity contribution in [2.75, 3.05) is 6.61 Å². The largest absolute Gasteiger partial charge is 0.451 e. The van der Waals surface area contributed by atoms with E-state index in [-0.39, 0.29) is 6.61 Å². The molecule has 0 aromatic rings. The van der Waals surface area contributed by atoms with Crippen molar-refractivity contribution in [3.63, 3.8) is 0 Å². The summed E-state index contributed by atoms with van der Waals surface area (Å²) in [6.07, 6.45) is 3.91.